The highest BCUT2D eigenvalue weighted by Gasteiger charge is 2.46. The molecule has 0 spiro atoms. The Balaban J connectivity index is 1.77. The molecule has 1 aliphatic heterocycles. The van der Waals surface area contributed by atoms with E-state index in [1.54, 1.807) is 12.1 Å². The van der Waals surface area contributed by atoms with E-state index in [2.05, 4.69) is 5.32 Å². The minimum atomic E-state index is -0.681. The SMILES string of the molecule is NC(=S)C1(C(=O)Nc2ccc3c(c2)OCCCO3)CCC1. The predicted octanol–water partition coefficient (Wildman–Crippen LogP) is 2.24. The number of hydrogen-bond acceptors (Lipinski definition) is 4. The molecule has 5 nitrogen and oxygen atoms in total. The third-order valence-electron chi connectivity index (χ3n) is 4.12. The van der Waals surface area contributed by atoms with E-state index in [4.69, 9.17) is 27.4 Å². The molecule has 1 saturated carbocycles. The van der Waals surface area contributed by atoms with Crippen molar-refractivity contribution < 1.29 is 14.3 Å². The summed E-state index contributed by atoms with van der Waals surface area (Å²) in [6.07, 6.45) is 3.27. The van der Waals surface area contributed by atoms with Gasteiger partial charge in [0, 0.05) is 18.2 Å². The van der Waals surface area contributed by atoms with Gasteiger partial charge in [0.05, 0.1) is 23.6 Å². The number of nitrogens with one attached hydrogen (secondary N) is 1. The van der Waals surface area contributed by atoms with Gasteiger partial charge >= 0.3 is 0 Å². The van der Waals surface area contributed by atoms with Gasteiger partial charge in [0.1, 0.15) is 0 Å². The molecule has 112 valence electrons. The second-order valence-corrected chi connectivity index (χ2v) is 5.91. The minimum Gasteiger partial charge on any atom is -0.490 e. The average molecular weight is 306 g/mol. The molecule has 0 saturated heterocycles. The fourth-order valence-electron chi connectivity index (χ4n) is 2.61. The van der Waals surface area contributed by atoms with Gasteiger partial charge in [-0.05, 0) is 25.0 Å². The van der Waals surface area contributed by atoms with E-state index < -0.39 is 5.41 Å². The number of ether oxygens (including phenoxy) is 2. The molecule has 3 N–H and O–H groups in total. The molecule has 0 radical (unpaired) electrons. The maximum Gasteiger partial charge on any atom is 0.237 e. The zero-order valence-electron chi connectivity index (χ0n) is 11.7. The zero-order valence-corrected chi connectivity index (χ0v) is 12.5. The Morgan fingerprint density at radius 1 is 1.19 bits per heavy atom. The van der Waals surface area contributed by atoms with Crippen LogP contribution in [0.15, 0.2) is 18.2 Å². The molecule has 1 aromatic rings. The van der Waals surface area contributed by atoms with Gasteiger partial charge in [-0.3, -0.25) is 4.79 Å². The Morgan fingerprint density at radius 3 is 2.52 bits per heavy atom. The number of nitrogens with two attached hydrogens (primary N) is 1. The van der Waals surface area contributed by atoms with E-state index in [1.165, 1.54) is 0 Å². The second kappa shape index (κ2) is 5.52. The molecular formula is C15H18N2O3S. The molecule has 1 aromatic carbocycles. The fraction of sp³-hybridized carbons (Fsp3) is 0.467. The van der Waals surface area contributed by atoms with Crippen molar-refractivity contribution in [2.75, 3.05) is 18.5 Å². The molecular weight excluding hydrogens is 288 g/mol. The molecule has 0 aromatic heterocycles. The number of rotatable bonds is 3. The highest BCUT2D eigenvalue weighted by molar-refractivity contribution is 7.80. The lowest BCUT2D eigenvalue weighted by atomic mass is 9.68. The number of anilines is 1. The summed E-state index contributed by atoms with van der Waals surface area (Å²) in [5, 5.41) is 2.89. The largest absolute Gasteiger partial charge is 0.490 e. The standard InChI is InChI=1S/C15H18N2O3S/c16-13(21)15(5-1-6-15)14(18)17-10-3-4-11-12(9-10)20-8-2-7-19-11/h3-4,9H,1-2,5-8H2,(H2,16,21)(H,17,18). The molecule has 6 heteroatoms. The molecule has 1 aliphatic carbocycles. The summed E-state index contributed by atoms with van der Waals surface area (Å²) in [6, 6.07) is 5.40. The summed E-state index contributed by atoms with van der Waals surface area (Å²) in [6.45, 7) is 1.25. The van der Waals surface area contributed by atoms with Gasteiger partial charge in [-0.25, -0.2) is 0 Å². The van der Waals surface area contributed by atoms with E-state index >= 15 is 0 Å². The second-order valence-electron chi connectivity index (χ2n) is 5.47. The van der Waals surface area contributed by atoms with Crippen molar-refractivity contribution in [2.45, 2.75) is 25.7 Å². The maximum atomic E-state index is 12.4. The Morgan fingerprint density at radius 2 is 1.90 bits per heavy atom. The lowest BCUT2D eigenvalue weighted by molar-refractivity contribution is -0.125. The fourth-order valence-corrected chi connectivity index (χ4v) is 2.90. The lowest BCUT2D eigenvalue weighted by Gasteiger charge is -2.39. The van der Waals surface area contributed by atoms with Gasteiger partial charge in [0.25, 0.3) is 0 Å². The molecule has 0 atom stereocenters. The van der Waals surface area contributed by atoms with Crippen molar-refractivity contribution in [2.24, 2.45) is 11.1 Å². The van der Waals surface area contributed by atoms with Crippen LogP contribution in [0.25, 0.3) is 0 Å². The number of amides is 1. The first-order valence-electron chi connectivity index (χ1n) is 7.13. The molecule has 2 aliphatic rings. The Hall–Kier alpha value is -1.82. The number of benzene rings is 1. The van der Waals surface area contributed by atoms with Crippen LogP contribution in [0.1, 0.15) is 25.7 Å². The summed E-state index contributed by atoms with van der Waals surface area (Å²) in [4.78, 5) is 12.7. The van der Waals surface area contributed by atoms with Crippen molar-refractivity contribution in [1.82, 2.24) is 0 Å². The van der Waals surface area contributed by atoms with Gasteiger partial charge < -0.3 is 20.5 Å². The smallest absolute Gasteiger partial charge is 0.237 e. The van der Waals surface area contributed by atoms with Crippen LogP contribution >= 0.6 is 12.2 Å². The van der Waals surface area contributed by atoms with Crippen molar-refractivity contribution >= 4 is 28.8 Å². The highest BCUT2D eigenvalue weighted by atomic mass is 32.1. The summed E-state index contributed by atoms with van der Waals surface area (Å²) >= 11 is 5.06. The average Bonchev–Trinajstić information content (AvgIpc) is 2.61. The summed E-state index contributed by atoms with van der Waals surface area (Å²) in [7, 11) is 0. The van der Waals surface area contributed by atoms with Crippen LogP contribution in [-0.4, -0.2) is 24.1 Å². The third kappa shape index (κ3) is 2.55. The van der Waals surface area contributed by atoms with Crippen LogP contribution in [0.5, 0.6) is 11.5 Å². The topological polar surface area (TPSA) is 73.6 Å². The number of hydrogen-bond donors (Lipinski definition) is 2. The Labute approximate surface area is 128 Å². The molecule has 0 unspecified atom stereocenters. The first-order valence-corrected chi connectivity index (χ1v) is 7.54. The third-order valence-corrected chi connectivity index (χ3v) is 4.51. The van der Waals surface area contributed by atoms with Gasteiger partial charge in [-0.2, -0.15) is 0 Å². The molecule has 3 rings (SSSR count). The van der Waals surface area contributed by atoms with Crippen LogP contribution < -0.4 is 20.5 Å². The molecule has 21 heavy (non-hydrogen) atoms. The van der Waals surface area contributed by atoms with Gasteiger partial charge in [0.15, 0.2) is 11.5 Å². The molecule has 1 heterocycles. The highest BCUT2D eigenvalue weighted by Crippen LogP contribution is 2.42. The van der Waals surface area contributed by atoms with E-state index in [1.807, 2.05) is 6.07 Å². The van der Waals surface area contributed by atoms with Gasteiger partial charge in [0.2, 0.25) is 5.91 Å². The predicted molar refractivity (Wildman–Crippen MR) is 83.7 cm³/mol. The quantitative estimate of drug-likeness (QED) is 0.838. The van der Waals surface area contributed by atoms with Crippen LogP contribution in [0.3, 0.4) is 0 Å². The Kier molecular flexibility index (Phi) is 3.71. The molecule has 1 amide bonds. The van der Waals surface area contributed by atoms with E-state index in [-0.39, 0.29) is 10.9 Å². The van der Waals surface area contributed by atoms with Crippen LogP contribution in [-0.2, 0) is 4.79 Å². The Bertz CT molecular complexity index is 584. The number of carbonyl (C=O) groups excluding carboxylic acids is 1. The monoisotopic (exact) mass is 306 g/mol. The number of fused-ring (bicyclic) bond motifs is 1. The first-order chi connectivity index (χ1) is 10.1. The van der Waals surface area contributed by atoms with Crippen molar-refractivity contribution in [3.05, 3.63) is 18.2 Å². The van der Waals surface area contributed by atoms with Gasteiger partial charge in [-0.15, -0.1) is 0 Å². The van der Waals surface area contributed by atoms with Crippen LogP contribution in [0.2, 0.25) is 0 Å². The first kappa shape index (κ1) is 14.1. The maximum absolute atomic E-state index is 12.4. The van der Waals surface area contributed by atoms with E-state index in [9.17, 15) is 4.79 Å². The molecule has 0 bridgehead atoms. The van der Waals surface area contributed by atoms with Crippen molar-refractivity contribution in [1.29, 1.82) is 0 Å². The van der Waals surface area contributed by atoms with Gasteiger partial charge in [-0.1, -0.05) is 18.6 Å². The summed E-state index contributed by atoms with van der Waals surface area (Å²) < 4.78 is 11.2. The lowest BCUT2D eigenvalue weighted by Crippen LogP contribution is -2.50. The number of thiocarbonyl (C=S) groups is 1. The van der Waals surface area contributed by atoms with E-state index in [0.717, 1.165) is 25.7 Å². The van der Waals surface area contributed by atoms with Crippen molar-refractivity contribution in [3.8, 4) is 11.5 Å². The zero-order chi connectivity index (χ0) is 14.9. The van der Waals surface area contributed by atoms with Crippen molar-refractivity contribution in [3.63, 3.8) is 0 Å². The number of carbonyl (C=O) groups is 1. The molecule has 1 fully saturated rings. The minimum absolute atomic E-state index is 0.129. The summed E-state index contributed by atoms with van der Waals surface area (Å²) in [5.74, 6) is 1.23. The normalized spacial score (nSPS) is 19.0. The van der Waals surface area contributed by atoms with Crippen LogP contribution in [0.4, 0.5) is 5.69 Å². The van der Waals surface area contributed by atoms with E-state index in [0.29, 0.717) is 30.4 Å². The van der Waals surface area contributed by atoms with Crippen LogP contribution in [0, 0.1) is 5.41 Å². The summed E-state index contributed by atoms with van der Waals surface area (Å²) in [5.41, 5.74) is 5.74.